The van der Waals surface area contributed by atoms with Crippen LogP contribution >= 0.6 is 15.9 Å². The average molecular weight is 359 g/mol. The van der Waals surface area contributed by atoms with Crippen LogP contribution in [0.2, 0.25) is 0 Å². The van der Waals surface area contributed by atoms with Crippen molar-refractivity contribution < 1.29 is 18.0 Å². The molecule has 1 amide bonds. The molecular weight excluding hydrogens is 349 g/mol. The molecular formula is C14H10BrF3N2O. The lowest BCUT2D eigenvalue weighted by atomic mass is 10.1. The number of hydrogen-bond donors (Lipinski definition) is 2. The van der Waals surface area contributed by atoms with Crippen molar-refractivity contribution >= 4 is 33.2 Å². The van der Waals surface area contributed by atoms with Gasteiger partial charge in [0.2, 0.25) is 0 Å². The smallest absolute Gasteiger partial charge is 0.255 e. The Balaban J connectivity index is 2.32. The molecule has 0 bridgehead atoms. The van der Waals surface area contributed by atoms with Gasteiger partial charge in [0, 0.05) is 11.3 Å². The summed E-state index contributed by atoms with van der Waals surface area (Å²) in [5.41, 5.74) is 5.06. The van der Waals surface area contributed by atoms with Gasteiger partial charge in [-0.05, 0) is 52.7 Å². The first-order valence-electron chi connectivity index (χ1n) is 5.81. The van der Waals surface area contributed by atoms with Crippen molar-refractivity contribution in [1.29, 1.82) is 0 Å². The number of carbonyl (C=O) groups excluding carboxylic acids is 1. The van der Waals surface area contributed by atoms with Crippen LogP contribution in [0.4, 0.5) is 24.5 Å². The van der Waals surface area contributed by atoms with Crippen LogP contribution in [-0.2, 0) is 0 Å². The van der Waals surface area contributed by atoms with Crippen LogP contribution in [0.3, 0.4) is 0 Å². The van der Waals surface area contributed by atoms with Gasteiger partial charge in [0.25, 0.3) is 5.91 Å². The van der Waals surface area contributed by atoms with Crippen LogP contribution in [0.5, 0.6) is 0 Å². The summed E-state index contributed by atoms with van der Waals surface area (Å²) in [7, 11) is 0. The summed E-state index contributed by atoms with van der Waals surface area (Å²) in [5, 5.41) is 2.46. The van der Waals surface area contributed by atoms with Crippen molar-refractivity contribution in [2.45, 2.75) is 6.92 Å². The molecule has 110 valence electrons. The van der Waals surface area contributed by atoms with Gasteiger partial charge in [-0.15, -0.1) is 0 Å². The Bertz CT molecular complexity index is 711. The maximum Gasteiger partial charge on any atom is 0.255 e. The molecule has 0 saturated heterocycles. The molecule has 21 heavy (non-hydrogen) atoms. The third kappa shape index (κ3) is 3.18. The zero-order valence-corrected chi connectivity index (χ0v) is 12.4. The highest BCUT2D eigenvalue weighted by Gasteiger charge is 2.15. The summed E-state index contributed by atoms with van der Waals surface area (Å²) in [5.74, 6) is -3.24. The summed E-state index contributed by atoms with van der Waals surface area (Å²) < 4.78 is 40.1. The van der Waals surface area contributed by atoms with Gasteiger partial charge < -0.3 is 11.1 Å². The SMILES string of the molecule is Cc1cc(F)c(Br)cc1NC(=O)c1cc(F)c(N)c(F)c1. The third-order valence-electron chi connectivity index (χ3n) is 2.86. The van der Waals surface area contributed by atoms with E-state index in [1.54, 1.807) is 6.92 Å². The molecule has 0 aliphatic heterocycles. The molecule has 0 heterocycles. The Morgan fingerprint density at radius 2 is 1.67 bits per heavy atom. The van der Waals surface area contributed by atoms with Gasteiger partial charge in [-0.2, -0.15) is 0 Å². The molecule has 0 saturated carbocycles. The molecule has 2 rings (SSSR count). The molecule has 2 aromatic rings. The van der Waals surface area contributed by atoms with Gasteiger partial charge in [-0.3, -0.25) is 4.79 Å². The highest BCUT2D eigenvalue weighted by molar-refractivity contribution is 9.10. The number of anilines is 2. The van der Waals surface area contributed by atoms with Crippen molar-refractivity contribution in [1.82, 2.24) is 0 Å². The lowest BCUT2D eigenvalue weighted by molar-refractivity contribution is 0.102. The average Bonchev–Trinajstić information content (AvgIpc) is 2.41. The van der Waals surface area contributed by atoms with Crippen LogP contribution in [0.25, 0.3) is 0 Å². The highest BCUT2D eigenvalue weighted by Crippen LogP contribution is 2.25. The first kappa shape index (κ1) is 15.4. The first-order chi connectivity index (χ1) is 9.79. The summed E-state index contributed by atoms with van der Waals surface area (Å²) >= 11 is 3.00. The Hall–Kier alpha value is -2.02. The second kappa shape index (κ2) is 5.77. The molecule has 0 unspecified atom stereocenters. The molecule has 0 atom stereocenters. The number of halogens is 4. The minimum Gasteiger partial charge on any atom is -0.394 e. The quantitative estimate of drug-likeness (QED) is 0.797. The standard InChI is InChI=1S/C14H10BrF3N2O/c1-6-2-9(16)8(15)5-12(6)20-14(21)7-3-10(17)13(19)11(18)4-7/h2-5H,19H2,1H3,(H,20,21). The van der Waals surface area contributed by atoms with Crippen LogP contribution < -0.4 is 11.1 Å². The summed E-state index contributed by atoms with van der Waals surface area (Å²) in [4.78, 5) is 12.0. The van der Waals surface area contributed by atoms with E-state index in [1.807, 2.05) is 0 Å². The van der Waals surface area contributed by atoms with Gasteiger partial charge in [-0.25, -0.2) is 13.2 Å². The zero-order valence-electron chi connectivity index (χ0n) is 10.8. The number of rotatable bonds is 2. The second-order valence-electron chi connectivity index (χ2n) is 4.39. The summed E-state index contributed by atoms with van der Waals surface area (Å²) in [6.45, 7) is 1.59. The van der Waals surface area contributed by atoms with Crippen molar-refractivity contribution in [2.75, 3.05) is 11.1 Å². The number of nitrogens with two attached hydrogens (primary N) is 1. The van der Waals surface area contributed by atoms with E-state index < -0.39 is 29.0 Å². The lowest BCUT2D eigenvalue weighted by Gasteiger charge is -2.10. The van der Waals surface area contributed by atoms with E-state index in [9.17, 15) is 18.0 Å². The van der Waals surface area contributed by atoms with E-state index in [1.165, 1.54) is 12.1 Å². The lowest BCUT2D eigenvalue weighted by Crippen LogP contribution is -2.14. The van der Waals surface area contributed by atoms with Crippen molar-refractivity contribution in [3.05, 3.63) is 57.3 Å². The van der Waals surface area contributed by atoms with Gasteiger partial charge in [0.15, 0.2) is 0 Å². The number of carbonyl (C=O) groups is 1. The maximum absolute atomic E-state index is 13.3. The molecule has 2 aromatic carbocycles. The molecule has 0 aliphatic carbocycles. The topological polar surface area (TPSA) is 55.1 Å². The fourth-order valence-electron chi connectivity index (χ4n) is 1.69. The minimum atomic E-state index is -1.02. The summed E-state index contributed by atoms with van der Waals surface area (Å²) in [6.07, 6.45) is 0. The van der Waals surface area contributed by atoms with E-state index in [4.69, 9.17) is 5.73 Å². The van der Waals surface area contributed by atoms with E-state index in [2.05, 4.69) is 21.2 Å². The van der Waals surface area contributed by atoms with Crippen LogP contribution in [0.15, 0.2) is 28.7 Å². The van der Waals surface area contributed by atoms with Crippen molar-refractivity contribution in [2.24, 2.45) is 0 Å². The van der Waals surface area contributed by atoms with Crippen LogP contribution in [0.1, 0.15) is 15.9 Å². The number of amides is 1. The van der Waals surface area contributed by atoms with Gasteiger partial charge in [0.05, 0.1) is 4.47 Å². The number of nitrogen functional groups attached to an aromatic ring is 1. The van der Waals surface area contributed by atoms with Gasteiger partial charge in [0.1, 0.15) is 23.1 Å². The third-order valence-corrected chi connectivity index (χ3v) is 3.46. The fourth-order valence-corrected chi connectivity index (χ4v) is 2.03. The van der Waals surface area contributed by atoms with Crippen molar-refractivity contribution in [3.63, 3.8) is 0 Å². The largest absolute Gasteiger partial charge is 0.394 e. The van der Waals surface area contributed by atoms with E-state index in [0.717, 1.165) is 12.1 Å². The molecule has 0 radical (unpaired) electrons. The van der Waals surface area contributed by atoms with E-state index in [0.29, 0.717) is 11.3 Å². The Morgan fingerprint density at radius 3 is 2.24 bits per heavy atom. The molecule has 0 aromatic heterocycles. The molecule has 0 aliphatic rings. The summed E-state index contributed by atoms with van der Waals surface area (Å²) in [6, 6.07) is 4.26. The van der Waals surface area contributed by atoms with Crippen LogP contribution in [-0.4, -0.2) is 5.91 Å². The molecule has 0 fully saturated rings. The molecule has 0 spiro atoms. The number of nitrogens with one attached hydrogen (secondary N) is 1. The zero-order chi connectivity index (χ0) is 15.7. The Labute approximate surface area is 127 Å². The maximum atomic E-state index is 13.3. The van der Waals surface area contributed by atoms with E-state index >= 15 is 0 Å². The fraction of sp³-hybridized carbons (Fsp3) is 0.0714. The van der Waals surface area contributed by atoms with E-state index in [-0.39, 0.29) is 10.0 Å². The highest BCUT2D eigenvalue weighted by atomic mass is 79.9. The molecule has 7 heteroatoms. The molecule has 3 nitrogen and oxygen atoms in total. The first-order valence-corrected chi connectivity index (χ1v) is 6.60. The minimum absolute atomic E-state index is 0.165. The van der Waals surface area contributed by atoms with Gasteiger partial charge in [-0.1, -0.05) is 0 Å². The van der Waals surface area contributed by atoms with Crippen molar-refractivity contribution in [3.8, 4) is 0 Å². The Kier molecular flexibility index (Phi) is 4.22. The second-order valence-corrected chi connectivity index (χ2v) is 5.24. The predicted molar refractivity (Wildman–Crippen MR) is 77.6 cm³/mol. The number of aryl methyl sites for hydroxylation is 1. The Morgan fingerprint density at radius 1 is 1.10 bits per heavy atom. The monoisotopic (exact) mass is 358 g/mol. The number of hydrogen-bond acceptors (Lipinski definition) is 2. The normalized spacial score (nSPS) is 10.5. The van der Waals surface area contributed by atoms with Gasteiger partial charge >= 0.3 is 0 Å². The molecule has 3 N–H and O–H groups in total. The predicted octanol–water partition coefficient (Wildman–Crippen LogP) is 4.01. The van der Waals surface area contributed by atoms with Crippen LogP contribution in [0, 0.1) is 24.4 Å². The number of benzene rings is 2.